The summed E-state index contributed by atoms with van der Waals surface area (Å²) in [6.07, 6.45) is 0. The molecule has 0 saturated heterocycles. The van der Waals surface area contributed by atoms with Crippen molar-refractivity contribution in [2.24, 2.45) is 5.92 Å². The van der Waals surface area contributed by atoms with Gasteiger partial charge in [0.25, 0.3) is 5.91 Å². The van der Waals surface area contributed by atoms with E-state index >= 15 is 0 Å². The Labute approximate surface area is 187 Å². The quantitative estimate of drug-likeness (QED) is 0.521. The molecular formula is C26H26N2O4. The molecule has 6 nitrogen and oxygen atoms in total. The summed E-state index contributed by atoms with van der Waals surface area (Å²) >= 11 is 0. The zero-order chi connectivity index (χ0) is 23.1. The predicted octanol–water partition coefficient (Wildman–Crippen LogP) is 4.32. The summed E-state index contributed by atoms with van der Waals surface area (Å²) in [5.74, 6) is -0.633. The summed E-state index contributed by atoms with van der Waals surface area (Å²) in [6, 6.07) is 21.8. The molecule has 1 atom stereocenters. The van der Waals surface area contributed by atoms with Gasteiger partial charge in [0, 0.05) is 16.8 Å². The number of carbonyl (C=O) groups is 3. The van der Waals surface area contributed by atoms with Gasteiger partial charge in [-0.3, -0.25) is 14.4 Å². The van der Waals surface area contributed by atoms with Gasteiger partial charge in [-0.25, -0.2) is 0 Å². The van der Waals surface area contributed by atoms with Crippen LogP contribution in [0.3, 0.4) is 0 Å². The average molecular weight is 431 g/mol. The Bertz CT molecular complexity index is 1110. The minimum atomic E-state index is -0.777. The molecule has 0 fully saturated rings. The lowest BCUT2D eigenvalue weighted by molar-refractivity contribution is -0.118. The first-order valence-corrected chi connectivity index (χ1v) is 10.3. The Morgan fingerprint density at radius 3 is 2.16 bits per heavy atom. The van der Waals surface area contributed by atoms with E-state index in [1.807, 2.05) is 19.9 Å². The van der Waals surface area contributed by atoms with Crippen molar-refractivity contribution in [1.82, 2.24) is 5.32 Å². The molecule has 0 radical (unpaired) electrons. The molecule has 0 aliphatic heterocycles. The molecule has 6 heteroatoms. The van der Waals surface area contributed by atoms with Crippen LogP contribution in [0.1, 0.15) is 40.1 Å². The lowest BCUT2D eigenvalue weighted by Gasteiger charge is -2.22. The van der Waals surface area contributed by atoms with Crippen molar-refractivity contribution in [3.63, 3.8) is 0 Å². The van der Waals surface area contributed by atoms with Crippen LogP contribution in [0.25, 0.3) is 0 Å². The van der Waals surface area contributed by atoms with Crippen molar-refractivity contribution in [2.45, 2.75) is 19.9 Å². The van der Waals surface area contributed by atoms with Crippen LogP contribution < -0.4 is 15.4 Å². The number of anilines is 1. The minimum Gasteiger partial charge on any atom is -0.496 e. The number of hydrogen-bond donors (Lipinski definition) is 2. The molecule has 0 bridgehead atoms. The van der Waals surface area contributed by atoms with E-state index in [4.69, 9.17) is 4.74 Å². The number of carbonyl (C=O) groups excluding carboxylic acids is 3. The van der Waals surface area contributed by atoms with Gasteiger partial charge in [0.1, 0.15) is 11.8 Å². The van der Waals surface area contributed by atoms with E-state index in [0.29, 0.717) is 28.1 Å². The third-order valence-corrected chi connectivity index (χ3v) is 5.02. The molecule has 3 aromatic rings. The van der Waals surface area contributed by atoms with Gasteiger partial charge >= 0.3 is 0 Å². The molecule has 0 aliphatic rings. The molecule has 2 N–H and O–H groups in total. The summed E-state index contributed by atoms with van der Waals surface area (Å²) in [5, 5.41) is 5.61. The van der Waals surface area contributed by atoms with Gasteiger partial charge < -0.3 is 15.4 Å². The number of ether oxygens (including phenoxy) is 1. The Hall–Kier alpha value is -3.93. The molecule has 1 unspecified atom stereocenters. The topological polar surface area (TPSA) is 84.5 Å². The summed E-state index contributed by atoms with van der Waals surface area (Å²) in [6.45, 7) is 3.70. The van der Waals surface area contributed by atoms with E-state index in [9.17, 15) is 14.4 Å². The van der Waals surface area contributed by atoms with Crippen LogP contribution in [-0.2, 0) is 4.79 Å². The highest BCUT2D eigenvalue weighted by Gasteiger charge is 2.26. The third kappa shape index (κ3) is 5.40. The van der Waals surface area contributed by atoms with Crippen LogP contribution in [0.2, 0.25) is 0 Å². The van der Waals surface area contributed by atoms with Crippen LogP contribution in [0.4, 0.5) is 5.69 Å². The van der Waals surface area contributed by atoms with Gasteiger partial charge in [0.15, 0.2) is 5.78 Å². The van der Waals surface area contributed by atoms with E-state index < -0.39 is 11.9 Å². The maximum Gasteiger partial charge on any atom is 0.255 e. The first-order chi connectivity index (χ1) is 15.4. The number of rotatable bonds is 8. The van der Waals surface area contributed by atoms with Gasteiger partial charge in [0.05, 0.1) is 12.7 Å². The number of para-hydroxylation sites is 1. The van der Waals surface area contributed by atoms with Gasteiger partial charge in [-0.05, 0) is 30.2 Å². The summed E-state index contributed by atoms with van der Waals surface area (Å²) < 4.78 is 5.24. The SMILES string of the molecule is COc1ccccc1C(=O)NC(C(=O)Nc1cccc(C(=O)c2ccccc2)c1)C(C)C. The zero-order valence-corrected chi connectivity index (χ0v) is 18.3. The zero-order valence-electron chi connectivity index (χ0n) is 18.3. The summed E-state index contributed by atoms with van der Waals surface area (Å²) in [7, 11) is 1.49. The number of ketones is 1. The smallest absolute Gasteiger partial charge is 0.255 e. The fourth-order valence-electron chi connectivity index (χ4n) is 3.30. The van der Waals surface area contributed by atoms with Crippen molar-refractivity contribution in [3.05, 3.63) is 95.6 Å². The van der Waals surface area contributed by atoms with Gasteiger partial charge in [0.2, 0.25) is 5.91 Å². The molecule has 0 saturated carbocycles. The van der Waals surface area contributed by atoms with Crippen molar-refractivity contribution < 1.29 is 19.1 Å². The van der Waals surface area contributed by atoms with Crippen LogP contribution in [0, 0.1) is 5.92 Å². The monoisotopic (exact) mass is 430 g/mol. The lowest BCUT2D eigenvalue weighted by atomic mass is 10.0. The summed E-state index contributed by atoms with van der Waals surface area (Å²) in [5.41, 5.74) is 1.87. The molecule has 3 rings (SSSR count). The average Bonchev–Trinajstić information content (AvgIpc) is 2.82. The van der Waals surface area contributed by atoms with Crippen LogP contribution in [0.15, 0.2) is 78.9 Å². The standard InChI is InChI=1S/C26H26N2O4/c1-17(2)23(28-25(30)21-14-7-8-15-22(21)32-3)26(31)27-20-13-9-12-19(16-20)24(29)18-10-5-4-6-11-18/h4-17,23H,1-3H3,(H,27,31)(H,28,30). The van der Waals surface area contributed by atoms with E-state index in [0.717, 1.165) is 0 Å². The van der Waals surface area contributed by atoms with Crippen molar-refractivity contribution in [3.8, 4) is 5.75 Å². The number of hydrogen-bond acceptors (Lipinski definition) is 4. The van der Waals surface area contributed by atoms with Crippen molar-refractivity contribution in [1.29, 1.82) is 0 Å². The maximum absolute atomic E-state index is 13.0. The second-order valence-corrected chi connectivity index (χ2v) is 7.66. The van der Waals surface area contributed by atoms with Crippen LogP contribution >= 0.6 is 0 Å². The normalized spacial score (nSPS) is 11.5. The Kier molecular flexibility index (Phi) is 7.39. The number of benzene rings is 3. The van der Waals surface area contributed by atoms with E-state index in [-0.39, 0.29) is 17.6 Å². The van der Waals surface area contributed by atoms with Crippen molar-refractivity contribution in [2.75, 3.05) is 12.4 Å². The molecule has 164 valence electrons. The van der Waals surface area contributed by atoms with Crippen LogP contribution in [0.5, 0.6) is 5.75 Å². The molecular weight excluding hydrogens is 404 g/mol. The Morgan fingerprint density at radius 1 is 0.812 bits per heavy atom. The van der Waals surface area contributed by atoms with Crippen LogP contribution in [-0.4, -0.2) is 30.7 Å². The second-order valence-electron chi connectivity index (χ2n) is 7.66. The summed E-state index contributed by atoms with van der Waals surface area (Å²) in [4.78, 5) is 38.5. The van der Waals surface area contributed by atoms with Gasteiger partial charge in [-0.1, -0.05) is 68.4 Å². The largest absolute Gasteiger partial charge is 0.496 e. The molecule has 0 aromatic heterocycles. The molecule has 0 aliphatic carbocycles. The molecule has 0 spiro atoms. The predicted molar refractivity (Wildman–Crippen MR) is 124 cm³/mol. The van der Waals surface area contributed by atoms with Gasteiger partial charge in [-0.15, -0.1) is 0 Å². The van der Waals surface area contributed by atoms with E-state index in [2.05, 4.69) is 10.6 Å². The molecule has 0 heterocycles. The first-order valence-electron chi connectivity index (χ1n) is 10.3. The Balaban J connectivity index is 1.75. The molecule has 2 amide bonds. The first kappa shape index (κ1) is 22.7. The highest BCUT2D eigenvalue weighted by molar-refractivity contribution is 6.10. The lowest BCUT2D eigenvalue weighted by Crippen LogP contribution is -2.47. The Morgan fingerprint density at radius 2 is 1.47 bits per heavy atom. The molecule has 3 aromatic carbocycles. The minimum absolute atomic E-state index is 0.133. The van der Waals surface area contributed by atoms with E-state index in [1.165, 1.54) is 7.11 Å². The fourth-order valence-corrected chi connectivity index (χ4v) is 3.30. The fraction of sp³-hybridized carbons (Fsp3) is 0.192. The molecule has 32 heavy (non-hydrogen) atoms. The van der Waals surface area contributed by atoms with Gasteiger partial charge in [-0.2, -0.15) is 0 Å². The number of amides is 2. The number of nitrogens with one attached hydrogen (secondary N) is 2. The highest BCUT2D eigenvalue weighted by atomic mass is 16.5. The van der Waals surface area contributed by atoms with E-state index in [1.54, 1.807) is 72.8 Å². The third-order valence-electron chi connectivity index (χ3n) is 5.02. The number of methoxy groups -OCH3 is 1. The maximum atomic E-state index is 13.0. The second kappa shape index (κ2) is 10.4. The highest BCUT2D eigenvalue weighted by Crippen LogP contribution is 2.19. The van der Waals surface area contributed by atoms with Crippen molar-refractivity contribution >= 4 is 23.3 Å².